The fourth-order valence-corrected chi connectivity index (χ4v) is 3.95. The van der Waals surface area contributed by atoms with Crippen LogP contribution in [-0.4, -0.2) is 28.4 Å². The lowest BCUT2D eigenvalue weighted by molar-refractivity contribution is 0.258. The molecule has 0 amide bonds. The molecule has 0 aliphatic carbocycles. The second-order valence-corrected chi connectivity index (χ2v) is 9.04. The monoisotopic (exact) mass is 479 g/mol. The Morgan fingerprint density at radius 3 is 1.77 bits per heavy atom. The maximum atomic E-state index is 6.18. The van der Waals surface area contributed by atoms with Crippen LogP contribution in [-0.2, 0) is 0 Å². The number of benzene rings is 1. The molecule has 0 radical (unpaired) electrons. The van der Waals surface area contributed by atoms with Crippen LogP contribution >= 0.6 is 0 Å². The van der Waals surface area contributed by atoms with Gasteiger partial charge in [0.2, 0.25) is 11.8 Å². The van der Waals surface area contributed by atoms with Crippen LogP contribution in [0.15, 0.2) is 47.1 Å². The summed E-state index contributed by atoms with van der Waals surface area (Å²) in [7, 11) is 0. The van der Waals surface area contributed by atoms with E-state index in [1.165, 1.54) is 64.2 Å². The van der Waals surface area contributed by atoms with Crippen LogP contribution in [0.25, 0.3) is 22.9 Å². The minimum Gasteiger partial charge on any atom is -0.490 e. The van der Waals surface area contributed by atoms with E-state index >= 15 is 0 Å². The van der Waals surface area contributed by atoms with E-state index < -0.39 is 0 Å². The Kier molecular flexibility index (Phi) is 12.1. The molecule has 3 aromatic rings. The van der Waals surface area contributed by atoms with E-state index in [4.69, 9.17) is 13.9 Å². The maximum Gasteiger partial charge on any atom is 0.248 e. The fraction of sp³-hybridized carbons (Fsp3) is 0.552. The Bertz CT molecular complexity index is 959. The molecule has 0 N–H and O–H groups in total. The Labute approximate surface area is 210 Å². The summed E-state index contributed by atoms with van der Waals surface area (Å²) in [6.07, 6.45) is 18.2. The van der Waals surface area contributed by atoms with Gasteiger partial charge in [-0.3, -0.25) is 4.98 Å². The largest absolute Gasteiger partial charge is 0.490 e. The van der Waals surface area contributed by atoms with Crippen molar-refractivity contribution < 1.29 is 13.9 Å². The van der Waals surface area contributed by atoms with Crippen molar-refractivity contribution in [2.75, 3.05) is 13.2 Å². The number of ether oxygens (including phenoxy) is 2. The second-order valence-electron chi connectivity index (χ2n) is 9.04. The minimum atomic E-state index is 0.462. The Morgan fingerprint density at radius 1 is 0.600 bits per heavy atom. The highest BCUT2D eigenvalue weighted by Crippen LogP contribution is 2.33. The fourth-order valence-electron chi connectivity index (χ4n) is 3.95. The summed E-state index contributed by atoms with van der Waals surface area (Å²) in [5.74, 6) is 2.46. The SMILES string of the molecule is CCCCCCCCOc1ccc(-c2nnc(-c3ccncc3)o2)cc1OCCCCCCCC. The number of rotatable bonds is 18. The van der Waals surface area contributed by atoms with Crippen molar-refractivity contribution in [3.8, 4) is 34.4 Å². The zero-order chi connectivity index (χ0) is 24.6. The van der Waals surface area contributed by atoms with Gasteiger partial charge in [-0.1, -0.05) is 78.1 Å². The molecule has 190 valence electrons. The molecule has 35 heavy (non-hydrogen) atoms. The number of hydrogen-bond donors (Lipinski definition) is 0. The number of aromatic nitrogens is 3. The summed E-state index contributed by atoms with van der Waals surface area (Å²) in [5, 5.41) is 8.45. The van der Waals surface area contributed by atoms with Crippen LogP contribution in [0, 0.1) is 0 Å². The number of nitrogens with zero attached hydrogens (tertiary/aromatic N) is 3. The molecule has 3 rings (SSSR count). The third-order valence-corrected chi connectivity index (χ3v) is 6.05. The zero-order valence-electron chi connectivity index (χ0n) is 21.5. The van der Waals surface area contributed by atoms with Crippen LogP contribution in [0.1, 0.15) is 90.9 Å². The van der Waals surface area contributed by atoms with Crippen LogP contribution in [0.4, 0.5) is 0 Å². The van der Waals surface area contributed by atoms with Gasteiger partial charge in [-0.2, -0.15) is 0 Å². The molecule has 0 bridgehead atoms. The molecular weight excluding hydrogens is 438 g/mol. The van der Waals surface area contributed by atoms with Gasteiger partial charge in [0.15, 0.2) is 11.5 Å². The first-order valence-electron chi connectivity index (χ1n) is 13.5. The van der Waals surface area contributed by atoms with E-state index in [-0.39, 0.29) is 0 Å². The molecule has 0 saturated carbocycles. The molecule has 0 aliphatic heterocycles. The van der Waals surface area contributed by atoms with Gasteiger partial charge in [0.05, 0.1) is 13.2 Å². The number of unbranched alkanes of at least 4 members (excludes halogenated alkanes) is 10. The molecule has 1 aromatic carbocycles. The molecule has 0 unspecified atom stereocenters. The molecule has 2 heterocycles. The topological polar surface area (TPSA) is 70.3 Å². The molecule has 6 heteroatoms. The lowest BCUT2D eigenvalue weighted by Gasteiger charge is -2.14. The summed E-state index contributed by atoms with van der Waals surface area (Å²) in [6.45, 7) is 5.86. The van der Waals surface area contributed by atoms with Crippen molar-refractivity contribution in [2.24, 2.45) is 0 Å². The highest BCUT2D eigenvalue weighted by molar-refractivity contribution is 5.61. The first-order chi connectivity index (χ1) is 17.3. The number of pyridine rings is 1. The molecule has 0 fully saturated rings. The third kappa shape index (κ3) is 9.35. The maximum absolute atomic E-state index is 6.18. The van der Waals surface area contributed by atoms with Gasteiger partial charge in [-0.05, 0) is 43.2 Å². The highest BCUT2D eigenvalue weighted by Gasteiger charge is 2.14. The molecule has 2 aromatic heterocycles. The highest BCUT2D eigenvalue weighted by atomic mass is 16.5. The predicted molar refractivity (Wildman–Crippen MR) is 141 cm³/mol. The van der Waals surface area contributed by atoms with Crippen LogP contribution in [0.5, 0.6) is 11.5 Å². The second kappa shape index (κ2) is 15.9. The Balaban J connectivity index is 1.61. The van der Waals surface area contributed by atoms with E-state index in [0.29, 0.717) is 25.0 Å². The van der Waals surface area contributed by atoms with Crippen LogP contribution in [0.3, 0.4) is 0 Å². The quantitative estimate of drug-likeness (QED) is 0.171. The van der Waals surface area contributed by atoms with Gasteiger partial charge >= 0.3 is 0 Å². The summed E-state index contributed by atoms with van der Waals surface area (Å²) >= 11 is 0. The smallest absolute Gasteiger partial charge is 0.248 e. The number of hydrogen-bond acceptors (Lipinski definition) is 6. The van der Waals surface area contributed by atoms with E-state index in [0.717, 1.165) is 35.5 Å². The van der Waals surface area contributed by atoms with Gasteiger partial charge in [0.25, 0.3) is 0 Å². The standard InChI is InChI=1S/C29H41N3O3/c1-3-5-7-9-11-13-21-33-26-16-15-25(23-27(26)34-22-14-12-10-8-6-4-2)29-32-31-28(35-29)24-17-19-30-20-18-24/h15-20,23H,3-14,21-22H2,1-2H3. The summed E-state index contributed by atoms with van der Waals surface area (Å²) in [5.41, 5.74) is 1.67. The summed E-state index contributed by atoms with van der Waals surface area (Å²) in [6, 6.07) is 9.58. The average Bonchev–Trinajstić information content (AvgIpc) is 3.39. The molecule has 0 spiro atoms. The van der Waals surface area contributed by atoms with Gasteiger partial charge in [0, 0.05) is 23.5 Å². The van der Waals surface area contributed by atoms with Gasteiger partial charge in [0.1, 0.15) is 0 Å². The lowest BCUT2D eigenvalue weighted by Crippen LogP contribution is -2.03. The normalized spacial score (nSPS) is 11.0. The van der Waals surface area contributed by atoms with E-state index in [1.54, 1.807) is 12.4 Å². The van der Waals surface area contributed by atoms with Crippen molar-refractivity contribution in [1.29, 1.82) is 0 Å². The molecular formula is C29H41N3O3. The molecule has 0 atom stereocenters. The van der Waals surface area contributed by atoms with Crippen molar-refractivity contribution in [3.63, 3.8) is 0 Å². The molecule has 0 aliphatic rings. The van der Waals surface area contributed by atoms with Gasteiger partial charge in [-0.15, -0.1) is 10.2 Å². The first kappa shape index (κ1) is 26.7. The Hall–Kier alpha value is -2.89. The van der Waals surface area contributed by atoms with E-state index in [2.05, 4.69) is 29.0 Å². The van der Waals surface area contributed by atoms with Crippen LogP contribution in [0.2, 0.25) is 0 Å². The van der Waals surface area contributed by atoms with Gasteiger partial charge in [-0.25, -0.2) is 0 Å². The zero-order valence-corrected chi connectivity index (χ0v) is 21.5. The lowest BCUT2D eigenvalue weighted by atomic mass is 10.1. The third-order valence-electron chi connectivity index (χ3n) is 6.05. The van der Waals surface area contributed by atoms with Crippen molar-refractivity contribution in [2.45, 2.75) is 90.9 Å². The predicted octanol–water partition coefficient (Wildman–Crippen LogP) is 8.28. The van der Waals surface area contributed by atoms with Gasteiger partial charge < -0.3 is 13.9 Å². The van der Waals surface area contributed by atoms with Crippen molar-refractivity contribution in [1.82, 2.24) is 15.2 Å². The first-order valence-corrected chi connectivity index (χ1v) is 13.5. The molecule has 6 nitrogen and oxygen atoms in total. The summed E-state index contributed by atoms with van der Waals surface area (Å²) < 4.78 is 18.2. The van der Waals surface area contributed by atoms with E-state index in [1.807, 2.05) is 30.3 Å². The van der Waals surface area contributed by atoms with Crippen LogP contribution < -0.4 is 9.47 Å². The van der Waals surface area contributed by atoms with Crippen molar-refractivity contribution in [3.05, 3.63) is 42.7 Å². The van der Waals surface area contributed by atoms with E-state index in [9.17, 15) is 0 Å². The summed E-state index contributed by atoms with van der Waals surface area (Å²) in [4.78, 5) is 4.04. The Morgan fingerprint density at radius 2 is 1.14 bits per heavy atom. The van der Waals surface area contributed by atoms with Crippen molar-refractivity contribution >= 4 is 0 Å². The molecule has 0 saturated heterocycles. The average molecular weight is 480 g/mol. The minimum absolute atomic E-state index is 0.462.